The molecular formula is C22H25N3O2S2. The number of thiazole rings is 2. The molecule has 7 heteroatoms. The molecule has 4 rings (SSSR count). The zero-order valence-electron chi connectivity index (χ0n) is 16.6. The first kappa shape index (κ1) is 20.0. The zero-order valence-corrected chi connectivity index (χ0v) is 18.2. The highest BCUT2D eigenvalue weighted by Crippen LogP contribution is 2.32. The van der Waals surface area contributed by atoms with Crippen LogP contribution in [-0.2, 0) is 30.5 Å². The molecule has 0 spiro atoms. The van der Waals surface area contributed by atoms with Crippen molar-refractivity contribution in [3.63, 3.8) is 0 Å². The highest BCUT2D eigenvalue weighted by molar-refractivity contribution is 7.13. The first-order chi connectivity index (χ1) is 14.2. The van der Waals surface area contributed by atoms with Crippen LogP contribution in [0.4, 0.5) is 0 Å². The Morgan fingerprint density at radius 2 is 2.07 bits per heavy atom. The van der Waals surface area contributed by atoms with Gasteiger partial charge in [-0.15, -0.1) is 22.7 Å². The van der Waals surface area contributed by atoms with Gasteiger partial charge in [-0.2, -0.15) is 0 Å². The van der Waals surface area contributed by atoms with E-state index in [4.69, 9.17) is 9.72 Å². The maximum absolute atomic E-state index is 12.3. The number of hydrogen-bond acceptors (Lipinski definition) is 6. The van der Waals surface area contributed by atoms with Crippen molar-refractivity contribution in [1.82, 2.24) is 15.3 Å². The quantitative estimate of drug-likeness (QED) is 0.577. The van der Waals surface area contributed by atoms with Gasteiger partial charge in [0.2, 0.25) is 5.91 Å². The van der Waals surface area contributed by atoms with Crippen molar-refractivity contribution in [3.05, 3.63) is 50.9 Å². The van der Waals surface area contributed by atoms with Crippen LogP contribution in [0.15, 0.2) is 29.6 Å². The molecule has 0 saturated heterocycles. The fourth-order valence-electron chi connectivity index (χ4n) is 3.48. The van der Waals surface area contributed by atoms with Crippen molar-refractivity contribution >= 4 is 28.6 Å². The molecule has 2 heterocycles. The van der Waals surface area contributed by atoms with Gasteiger partial charge in [-0.25, -0.2) is 9.97 Å². The van der Waals surface area contributed by atoms with Gasteiger partial charge in [0, 0.05) is 23.2 Å². The van der Waals surface area contributed by atoms with Gasteiger partial charge in [0.05, 0.1) is 35.0 Å². The molecule has 5 nitrogen and oxygen atoms in total. The van der Waals surface area contributed by atoms with E-state index in [1.807, 2.05) is 47.9 Å². The Bertz CT molecular complexity index is 957. The lowest BCUT2D eigenvalue weighted by molar-refractivity contribution is -0.120. The Morgan fingerprint density at radius 1 is 1.21 bits per heavy atom. The van der Waals surface area contributed by atoms with Crippen molar-refractivity contribution < 1.29 is 9.53 Å². The van der Waals surface area contributed by atoms with E-state index in [1.54, 1.807) is 11.3 Å². The van der Waals surface area contributed by atoms with Gasteiger partial charge in [-0.1, -0.05) is 12.1 Å². The molecule has 0 aliphatic heterocycles. The molecule has 1 N–H and O–H groups in total. The summed E-state index contributed by atoms with van der Waals surface area (Å²) in [5, 5.41) is 6.98. The van der Waals surface area contributed by atoms with Gasteiger partial charge in [-0.3, -0.25) is 4.79 Å². The fourth-order valence-corrected chi connectivity index (χ4v) is 5.49. The van der Waals surface area contributed by atoms with E-state index < -0.39 is 0 Å². The highest BCUT2D eigenvalue weighted by atomic mass is 32.1. The molecule has 2 aromatic heterocycles. The third-order valence-electron chi connectivity index (χ3n) is 4.86. The van der Waals surface area contributed by atoms with E-state index in [0.29, 0.717) is 19.6 Å². The summed E-state index contributed by atoms with van der Waals surface area (Å²) >= 11 is 3.35. The molecule has 0 saturated carbocycles. The Hall–Kier alpha value is -2.25. The molecular weight excluding hydrogens is 402 g/mol. The largest absolute Gasteiger partial charge is 0.493 e. The number of nitrogens with zero attached hydrogens (tertiary/aromatic N) is 2. The standard InChI is InChI=1S/C22H25N3O2S2/c1-2-27-18-9-5-3-7-16(18)22-24-15(14-28-22)13-20(26)23-12-11-21-25-17-8-4-6-10-19(17)29-21/h3,5,7,9,14H,2,4,6,8,10-13H2,1H3,(H,23,26). The highest BCUT2D eigenvalue weighted by Gasteiger charge is 2.15. The van der Waals surface area contributed by atoms with Gasteiger partial charge >= 0.3 is 0 Å². The van der Waals surface area contributed by atoms with Crippen LogP contribution >= 0.6 is 22.7 Å². The number of aryl methyl sites for hydroxylation is 2. The minimum absolute atomic E-state index is 0.00117. The third-order valence-corrected chi connectivity index (χ3v) is 7.00. The summed E-state index contributed by atoms with van der Waals surface area (Å²) in [7, 11) is 0. The number of rotatable bonds is 8. The molecule has 3 aromatic rings. The summed E-state index contributed by atoms with van der Waals surface area (Å²) in [5.74, 6) is 0.827. The Morgan fingerprint density at radius 3 is 2.93 bits per heavy atom. The van der Waals surface area contributed by atoms with Crippen LogP contribution in [0.25, 0.3) is 10.6 Å². The molecule has 0 radical (unpaired) electrons. The van der Waals surface area contributed by atoms with Gasteiger partial charge in [0.1, 0.15) is 10.8 Å². The van der Waals surface area contributed by atoms with E-state index in [9.17, 15) is 4.79 Å². The average molecular weight is 428 g/mol. The van der Waals surface area contributed by atoms with Crippen molar-refractivity contribution in [2.75, 3.05) is 13.2 Å². The van der Waals surface area contributed by atoms with Gasteiger partial charge < -0.3 is 10.1 Å². The minimum atomic E-state index is 0.00117. The van der Waals surface area contributed by atoms with Crippen LogP contribution in [0.3, 0.4) is 0 Å². The summed E-state index contributed by atoms with van der Waals surface area (Å²) in [4.78, 5) is 23.1. The second kappa shape index (κ2) is 9.50. The first-order valence-electron chi connectivity index (χ1n) is 10.1. The second-order valence-corrected chi connectivity index (χ2v) is 9.06. The molecule has 1 aromatic carbocycles. The number of aromatic nitrogens is 2. The molecule has 152 valence electrons. The summed E-state index contributed by atoms with van der Waals surface area (Å²) in [6.45, 7) is 3.20. The van der Waals surface area contributed by atoms with Crippen LogP contribution in [0.5, 0.6) is 5.75 Å². The maximum Gasteiger partial charge on any atom is 0.226 e. The topological polar surface area (TPSA) is 64.1 Å². The van der Waals surface area contributed by atoms with Crippen LogP contribution in [-0.4, -0.2) is 29.0 Å². The second-order valence-electron chi connectivity index (χ2n) is 7.03. The number of fused-ring (bicyclic) bond motifs is 1. The SMILES string of the molecule is CCOc1ccccc1-c1nc(CC(=O)NCCc2nc3c(s2)CCCC3)cs1. The summed E-state index contributed by atoms with van der Waals surface area (Å²) in [6, 6.07) is 7.88. The number of nitrogens with one attached hydrogen (secondary N) is 1. The molecule has 0 unspecified atom stereocenters. The molecule has 1 amide bonds. The lowest BCUT2D eigenvalue weighted by Gasteiger charge is -2.07. The summed E-state index contributed by atoms with van der Waals surface area (Å²) in [6.07, 6.45) is 5.89. The number of hydrogen-bond donors (Lipinski definition) is 1. The van der Waals surface area contributed by atoms with Crippen LogP contribution in [0.2, 0.25) is 0 Å². The molecule has 0 bridgehead atoms. The normalized spacial score (nSPS) is 13.1. The van der Waals surface area contributed by atoms with E-state index in [1.165, 1.54) is 23.4 Å². The van der Waals surface area contributed by atoms with Crippen molar-refractivity contribution in [2.24, 2.45) is 0 Å². The first-order valence-corrected chi connectivity index (χ1v) is 11.8. The molecule has 0 atom stereocenters. The molecule has 29 heavy (non-hydrogen) atoms. The lowest BCUT2D eigenvalue weighted by Crippen LogP contribution is -2.27. The number of benzene rings is 1. The van der Waals surface area contributed by atoms with E-state index in [0.717, 1.165) is 46.3 Å². The summed E-state index contributed by atoms with van der Waals surface area (Å²) < 4.78 is 5.69. The van der Waals surface area contributed by atoms with Crippen molar-refractivity contribution in [1.29, 1.82) is 0 Å². The predicted molar refractivity (Wildman–Crippen MR) is 118 cm³/mol. The van der Waals surface area contributed by atoms with Gasteiger partial charge in [-0.05, 0) is 44.7 Å². The van der Waals surface area contributed by atoms with Crippen molar-refractivity contribution in [2.45, 2.75) is 45.4 Å². The fraction of sp³-hybridized carbons (Fsp3) is 0.409. The number of carbonyl (C=O) groups excluding carboxylic acids is 1. The van der Waals surface area contributed by atoms with Crippen LogP contribution in [0, 0.1) is 0 Å². The minimum Gasteiger partial charge on any atom is -0.493 e. The third kappa shape index (κ3) is 5.03. The Balaban J connectivity index is 1.30. The number of para-hydroxylation sites is 1. The number of carbonyl (C=O) groups is 1. The zero-order chi connectivity index (χ0) is 20.1. The maximum atomic E-state index is 12.3. The monoisotopic (exact) mass is 427 g/mol. The molecule has 1 aliphatic rings. The Kier molecular flexibility index (Phi) is 6.56. The van der Waals surface area contributed by atoms with Crippen LogP contribution in [0.1, 0.15) is 41.0 Å². The van der Waals surface area contributed by atoms with Crippen molar-refractivity contribution in [3.8, 4) is 16.3 Å². The number of amides is 1. The number of ether oxygens (including phenoxy) is 1. The smallest absolute Gasteiger partial charge is 0.226 e. The Labute approximate surface area is 179 Å². The van der Waals surface area contributed by atoms with E-state index in [-0.39, 0.29) is 5.91 Å². The van der Waals surface area contributed by atoms with E-state index in [2.05, 4.69) is 10.3 Å². The van der Waals surface area contributed by atoms with Crippen LogP contribution < -0.4 is 10.1 Å². The predicted octanol–water partition coefficient (Wildman–Crippen LogP) is 4.45. The molecule has 1 aliphatic carbocycles. The van der Waals surface area contributed by atoms with Gasteiger partial charge in [0.15, 0.2) is 0 Å². The average Bonchev–Trinajstić information content (AvgIpc) is 3.35. The van der Waals surface area contributed by atoms with E-state index >= 15 is 0 Å². The lowest BCUT2D eigenvalue weighted by atomic mass is 10.0. The molecule has 0 fully saturated rings. The summed E-state index contributed by atoms with van der Waals surface area (Å²) in [5.41, 5.74) is 3.04. The van der Waals surface area contributed by atoms with Gasteiger partial charge in [0.25, 0.3) is 0 Å².